The van der Waals surface area contributed by atoms with Gasteiger partial charge in [-0.1, -0.05) is 11.6 Å². The molecule has 0 saturated heterocycles. The van der Waals surface area contributed by atoms with Gasteiger partial charge in [0.05, 0.1) is 5.71 Å². The Kier molecular flexibility index (Phi) is 3.57. The summed E-state index contributed by atoms with van der Waals surface area (Å²) in [6.07, 6.45) is 5.63. The topological polar surface area (TPSA) is 64.7 Å². The van der Waals surface area contributed by atoms with Gasteiger partial charge in [-0.3, -0.25) is 4.79 Å². The summed E-state index contributed by atoms with van der Waals surface area (Å²) in [6, 6.07) is 0. The molecule has 1 aliphatic rings. The highest BCUT2D eigenvalue weighted by atomic mass is 16.6. The number of hydrogen-bond acceptors (Lipinski definition) is 3. The van der Waals surface area contributed by atoms with Gasteiger partial charge in [0.25, 0.3) is 5.91 Å². The zero-order valence-electron chi connectivity index (χ0n) is 7.08. The minimum Gasteiger partial charge on any atom is -0.386 e. The van der Waals surface area contributed by atoms with Crippen LogP contribution in [0, 0.1) is 0 Å². The molecule has 0 radical (unpaired) electrons. The number of carbonyl (C=O) groups excluding carboxylic acids is 1. The van der Waals surface area contributed by atoms with Crippen molar-refractivity contribution in [2.24, 2.45) is 10.9 Å². The fourth-order valence-corrected chi connectivity index (χ4v) is 1.24. The predicted molar refractivity (Wildman–Crippen MR) is 45.7 cm³/mol. The zero-order valence-corrected chi connectivity index (χ0v) is 7.08. The standard InChI is InChI=1S/C8H14N2O2/c9-8(11)6-12-10-7-4-2-1-3-5-7/h1-6H2,(H2,9,11). The SMILES string of the molecule is NC(=O)CON=C1CCCCC1. The third-order valence-electron chi connectivity index (χ3n) is 1.83. The summed E-state index contributed by atoms with van der Waals surface area (Å²) >= 11 is 0. The Morgan fingerprint density at radius 2 is 2.08 bits per heavy atom. The van der Waals surface area contributed by atoms with E-state index in [1.54, 1.807) is 0 Å². The molecule has 0 aromatic carbocycles. The van der Waals surface area contributed by atoms with Gasteiger partial charge in [-0.05, 0) is 25.7 Å². The van der Waals surface area contributed by atoms with E-state index in [9.17, 15) is 4.79 Å². The first-order chi connectivity index (χ1) is 5.79. The average molecular weight is 170 g/mol. The molecular formula is C8H14N2O2. The Morgan fingerprint density at radius 3 is 2.67 bits per heavy atom. The van der Waals surface area contributed by atoms with Crippen molar-refractivity contribution in [2.45, 2.75) is 32.1 Å². The van der Waals surface area contributed by atoms with E-state index < -0.39 is 5.91 Å². The summed E-state index contributed by atoms with van der Waals surface area (Å²) in [6.45, 7) is -0.108. The molecule has 0 heterocycles. The van der Waals surface area contributed by atoms with Crippen LogP contribution in [0.4, 0.5) is 0 Å². The molecule has 1 saturated carbocycles. The number of hydrogen-bond donors (Lipinski definition) is 1. The van der Waals surface area contributed by atoms with E-state index in [0.29, 0.717) is 0 Å². The van der Waals surface area contributed by atoms with E-state index >= 15 is 0 Å². The number of nitrogens with two attached hydrogens (primary N) is 1. The van der Waals surface area contributed by atoms with Crippen LogP contribution in [0.3, 0.4) is 0 Å². The lowest BCUT2D eigenvalue weighted by atomic mass is 9.99. The van der Waals surface area contributed by atoms with Gasteiger partial charge < -0.3 is 10.6 Å². The second-order valence-corrected chi connectivity index (χ2v) is 2.96. The summed E-state index contributed by atoms with van der Waals surface area (Å²) in [5.41, 5.74) is 5.93. The van der Waals surface area contributed by atoms with Crippen molar-refractivity contribution in [2.75, 3.05) is 6.61 Å². The van der Waals surface area contributed by atoms with E-state index in [0.717, 1.165) is 18.6 Å². The average Bonchev–Trinajstić information content (AvgIpc) is 2.05. The van der Waals surface area contributed by atoms with Gasteiger partial charge in [-0.25, -0.2) is 0 Å². The molecule has 0 aliphatic heterocycles. The number of nitrogens with zero attached hydrogens (tertiary/aromatic N) is 1. The summed E-state index contributed by atoms with van der Waals surface area (Å²) in [5, 5.41) is 3.84. The summed E-state index contributed by atoms with van der Waals surface area (Å²) in [5.74, 6) is -0.477. The lowest BCUT2D eigenvalue weighted by Gasteiger charge is -2.10. The molecular weight excluding hydrogens is 156 g/mol. The maximum atomic E-state index is 10.3. The van der Waals surface area contributed by atoms with Gasteiger partial charge in [0.1, 0.15) is 0 Å². The first-order valence-corrected chi connectivity index (χ1v) is 4.25. The summed E-state index contributed by atoms with van der Waals surface area (Å²) in [7, 11) is 0. The van der Waals surface area contributed by atoms with Crippen LogP contribution in [0.5, 0.6) is 0 Å². The maximum Gasteiger partial charge on any atom is 0.258 e. The molecule has 0 aromatic heterocycles. The molecule has 2 N–H and O–H groups in total. The molecule has 68 valence electrons. The Labute approximate surface area is 71.8 Å². The third-order valence-corrected chi connectivity index (χ3v) is 1.83. The van der Waals surface area contributed by atoms with Crippen molar-refractivity contribution in [3.8, 4) is 0 Å². The van der Waals surface area contributed by atoms with E-state index in [-0.39, 0.29) is 6.61 Å². The molecule has 1 rings (SSSR count). The van der Waals surface area contributed by atoms with Crippen molar-refractivity contribution in [1.29, 1.82) is 0 Å². The fraction of sp³-hybridized carbons (Fsp3) is 0.750. The van der Waals surface area contributed by atoms with Crippen molar-refractivity contribution in [3.05, 3.63) is 0 Å². The lowest BCUT2D eigenvalue weighted by molar-refractivity contribution is -0.122. The molecule has 0 spiro atoms. The van der Waals surface area contributed by atoms with Gasteiger partial charge in [-0.15, -0.1) is 0 Å². The molecule has 1 fully saturated rings. The highest BCUT2D eigenvalue weighted by Crippen LogP contribution is 2.14. The number of rotatable bonds is 3. The number of carbonyl (C=O) groups is 1. The number of oxime groups is 1. The Balaban J connectivity index is 2.20. The van der Waals surface area contributed by atoms with E-state index in [4.69, 9.17) is 10.6 Å². The van der Waals surface area contributed by atoms with E-state index in [1.807, 2.05) is 0 Å². The van der Waals surface area contributed by atoms with Crippen LogP contribution in [-0.2, 0) is 9.63 Å². The van der Waals surface area contributed by atoms with Crippen molar-refractivity contribution >= 4 is 11.6 Å². The van der Waals surface area contributed by atoms with Gasteiger partial charge in [0, 0.05) is 0 Å². The van der Waals surface area contributed by atoms with Crippen molar-refractivity contribution < 1.29 is 9.63 Å². The fourth-order valence-electron chi connectivity index (χ4n) is 1.24. The Morgan fingerprint density at radius 1 is 1.42 bits per heavy atom. The number of primary amides is 1. The highest BCUT2D eigenvalue weighted by molar-refractivity contribution is 5.84. The van der Waals surface area contributed by atoms with Crippen LogP contribution in [0.2, 0.25) is 0 Å². The highest BCUT2D eigenvalue weighted by Gasteiger charge is 2.06. The van der Waals surface area contributed by atoms with E-state index in [1.165, 1.54) is 19.3 Å². The van der Waals surface area contributed by atoms with Gasteiger partial charge in [0.2, 0.25) is 0 Å². The van der Waals surface area contributed by atoms with Crippen LogP contribution in [0.1, 0.15) is 32.1 Å². The molecule has 0 bridgehead atoms. The monoisotopic (exact) mass is 170 g/mol. The number of amides is 1. The Bertz CT molecular complexity index is 181. The molecule has 1 amide bonds. The lowest BCUT2D eigenvalue weighted by Crippen LogP contribution is -2.17. The zero-order chi connectivity index (χ0) is 8.81. The minimum absolute atomic E-state index is 0.108. The van der Waals surface area contributed by atoms with Crippen LogP contribution < -0.4 is 5.73 Å². The Hall–Kier alpha value is -1.06. The third kappa shape index (κ3) is 3.37. The smallest absolute Gasteiger partial charge is 0.258 e. The predicted octanol–water partition coefficient (Wildman–Crippen LogP) is 0.808. The quantitative estimate of drug-likeness (QED) is 0.637. The largest absolute Gasteiger partial charge is 0.386 e. The molecule has 0 aromatic rings. The normalized spacial score (nSPS) is 17.2. The first kappa shape index (κ1) is 9.03. The van der Waals surface area contributed by atoms with Crippen molar-refractivity contribution in [3.63, 3.8) is 0 Å². The molecule has 12 heavy (non-hydrogen) atoms. The van der Waals surface area contributed by atoms with Crippen LogP contribution in [0.25, 0.3) is 0 Å². The molecule has 4 nitrogen and oxygen atoms in total. The molecule has 1 aliphatic carbocycles. The maximum absolute atomic E-state index is 10.3. The summed E-state index contributed by atoms with van der Waals surface area (Å²) in [4.78, 5) is 15.0. The van der Waals surface area contributed by atoms with Crippen LogP contribution >= 0.6 is 0 Å². The summed E-state index contributed by atoms with van der Waals surface area (Å²) < 4.78 is 0. The second kappa shape index (κ2) is 4.74. The van der Waals surface area contributed by atoms with E-state index in [2.05, 4.69) is 5.16 Å². The van der Waals surface area contributed by atoms with Gasteiger partial charge in [0.15, 0.2) is 6.61 Å². The van der Waals surface area contributed by atoms with Crippen LogP contribution in [-0.4, -0.2) is 18.2 Å². The molecule has 4 heteroatoms. The van der Waals surface area contributed by atoms with Gasteiger partial charge >= 0.3 is 0 Å². The first-order valence-electron chi connectivity index (χ1n) is 4.25. The molecule has 0 unspecified atom stereocenters. The van der Waals surface area contributed by atoms with Crippen molar-refractivity contribution in [1.82, 2.24) is 0 Å². The van der Waals surface area contributed by atoms with Gasteiger partial charge in [-0.2, -0.15) is 0 Å². The second-order valence-electron chi connectivity index (χ2n) is 2.96. The minimum atomic E-state index is -0.477. The van der Waals surface area contributed by atoms with Crippen LogP contribution in [0.15, 0.2) is 5.16 Å². The molecule has 0 atom stereocenters.